The van der Waals surface area contributed by atoms with Crippen molar-refractivity contribution in [3.8, 4) is 0 Å². The normalized spacial score (nSPS) is 11.0. The maximum Gasteiger partial charge on any atom is 0.339 e. The number of nitrogens with zero attached hydrogens (tertiary/aromatic N) is 1. The smallest absolute Gasteiger partial charge is 0.339 e. The average Bonchev–Trinajstić information content (AvgIpc) is 3.43. The van der Waals surface area contributed by atoms with Crippen LogP contribution in [-0.2, 0) is 22.7 Å². The first-order valence-electron chi connectivity index (χ1n) is 10.1. The molecule has 10 heteroatoms. The Hall–Kier alpha value is -3.37. The molecule has 0 saturated carbocycles. The van der Waals surface area contributed by atoms with Crippen LogP contribution in [0, 0.1) is 13.8 Å². The third-order valence-corrected chi connectivity index (χ3v) is 7.11. The van der Waals surface area contributed by atoms with Gasteiger partial charge in [-0.3, -0.25) is 9.59 Å². The van der Waals surface area contributed by atoms with Gasteiger partial charge in [-0.25, -0.2) is 9.78 Å². The number of fused-ring (bicyclic) bond motifs is 1. The Bertz CT molecular complexity index is 1360. The van der Waals surface area contributed by atoms with Crippen LogP contribution >= 0.6 is 23.1 Å². The molecule has 0 spiro atoms. The van der Waals surface area contributed by atoms with Crippen LogP contribution in [0.25, 0.3) is 10.2 Å². The summed E-state index contributed by atoms with van der Waals surface area (Å²) in [5.41, 5.74) is 1.00. The number of aromatic amines is 1. The third-order valence-electron chi connectivity index (χ3n) is 4.93. The first-order chi connectivity index (χ1) is 15.9. The van der Waals surface area contributed by atoms with Crippen molar-refractivity contribution in [2.45, 2.75) is 31.9 Å². The van der Waals surface area contributed by atoms with Crippen molar-refractivity contribution in [3.63, 3.8) is 0 Å². The topological polar surface area (TPSA) is 114 Å². The lowest BCUT2D eigenvalue weighted by molar-refractivity contribution is -0.118. The number of ether oxygens (including phenoxy) is 1. The Kier molecular flexibility index (Phi) is 6.95. The van der Waals surface area contributed by atoms with E-state index in [1.54, 1.807) is 42.7 Å². The highest BCUT2D eigenvalue weighted by molar-refractivity contribution is 8.00. The number of carbonyl (C=O) groups excluding carboxylic acids is 2. The summed E-state index contributed by atoms with van der Waals surface area (Å²) in [4.78, 5) is 46.6. The van der Waals surface area contributed by atoms with Gasteiger partial charge in [-0.1, -0.05) is 12.1 Å². The first-order valence-corrected chi connectivity index (χ1v) is 11.9. The molecule has 8 nitrogen and oxygen atoms in total. The van der Waals surface area contributed by atoms with Crippen molar-refractivity contribution >= 4 is 45.2 Å². The Morgan fingerprint density at radius 2 is 2.03 bits per heavy atom. The number of nitrogens with one attached hydrogen (secondary N) is 2. The second-order valence-corrected chi connectivity index (χ2v) is 9.41. The van der Waals surface area contributed by atoms with Gasteiger partial charge >= 0.3 is 5.97 Å². The standard InChI is InChI=1S/C23H21N3O5S2/c1-13-14(2)33-22-20(13)21(28)25-18(26-22)11-31-23(29)16-7-3-4-8-17(16)32-12-19(27)24-10-15-6-5-9-30-15/h3-9H,10-12H2,1-2H3,(H,24,27)(H,25,26,28). The van der Waals surface area contributed by atoms with Crippen LogP contribution in [0.15, 0.2) is 56.8 Å². The Morgan fingerprint density at radius 3 is 2.82 bits per heavy atom. The predicted octanol–water partition coefficient (Wildman–Crippen LogP) is 3.96. The molecule has 4 rings (SSSR count). The highest BCUT2D eigenvalue weighted by Crippen LogP contribution is 2.26. The van der Waals surface area contributed by atoms with Gasteiger partial charge in [0.25, 0.3) is 5.56 Å². The number of hydrogen-bond donors (Lipinski definition) is 2. The molecule has 3 aromatic heterocycles. The number of hydrogen-bond acceptors (Lipinski definition) is 8. The lowest BCUT2D eigenvalue weighted by atomic mass is 10.2. The Morgan fingerprint density at radius 1 is 1.21 bits per heavy atom. The van der Waals surface area contributed by atoms with Crippen molar-refractivity contribution in [3.05, 3.63) is 80.6 Å². The van der Waals surface area contributed by atoms with Gasteiger partial charge < -0.3 is 19.5 Å². The molecule has 0 aliphatic carbocycles. The molecule has 4 aromatic rings. The lowest BCUT2D eigenvalue weighted by Crippen LogP contribution is -2.24. The molecular formula is C23H21N3O5S2. The van der Waals surface area contributed by atoms with Gasteiger partial charge in [0.1, 0.15) is 23.0 Å². The van der Waals surface area contributed by atoms with Crippen LogP contribution < -0.4 is 10.9 Å². The molecule has 0 bridgehead atoms. The summed E-state index contributed by atoms with van der Waals surface area (Å²) >= 11 is 2.67. The zero-order valence-electron chi connectivity index (χ0n) is 18.0. The summed E-state index contributed by atoms with van der Waals surface area (Å²) in [7, 11) is 0. The molecule has 0 atom stereocenters. The summed E-state index contributed by atoms with van der Waals surface area (Å²) < 4.78 is 10.6. The lowest BCUT2D eigenvalue weighted by Gasteiger charge is -2.09. The molecule has 0 radical (unpaired) electrons. The van der Waals surface area contributed by atoms with E-state index in [1.165, 1.54) is 23.1 Å². The van der Waals surface area contributed by atoms with Crippen LogP contribution in [-0.4, -0.2) is 27.6 Å². The van der Waals surface area contributed by atoms with Crippen LogP contribution in [0.1, 0.15) is 32.4 Å². The van der Waals surface area contributed by atoms with E-state index in [9.17, 15) is 14.4 Å². The highest BCUT2D eigenvalue weighted by Gasteiger charge is 2.16. The summed E-state index contributed by atoms with van der Waals surface area (Å²) in [6, 6.07) is 10.4. The minimum atomic E-state index is -0.560. The fourth-order valence-electron chi connectivity index (χ4n) is 3.13. The van der Waals surface area contributed by atoms with Crippen LogP contribution in [0.3, 0.4) is 0 Å². The molecule has 2 N–H and O–H groups in total. The molecule has 170 valence electrons. The van der Waals surface area contributed by atoms with Crippen LogP contribution in [0.2, 0.25) is 0 Å². The van der Waals surface area contributed by atoms with Gasteiger partial charge in [0.15, 0.2) is 0 Å². The summed E-state index contributed by atoms with van der Waals surface area (Å²) in [6.07, 6.45) is 1.55. The van der Waals surface area contributed by atoms with Crippen molar-refractivity contribution in [1.29, 1.82) is 0 Å². The maximum atomic E-state index is 12.7. The summed E-state index contributed by atoms with van der Waals surface area (Å²) in [6.45, 7) is 3.96. The fourth-order valence-corrected chi connectivity index (χ4v) is 5.05. The quantitative estimate of drug-likeness (QED) is 0.288. The number of aryl methyl sites for hydroxylation is 2. The number of furan rings is 1. The van der Waals surface area contributed by atoms with E-state index >= 15 is 0 Å². The molecule has 0 fully saturated rings. The van der Waals surface area contributed by atoms with Crippen molar-refractivity contribution < 1.29 is 18.7 Å². The Balaban J connectivity index is 1.38. The number of aromatic nitrogens is 2. The minimum absolute atomic E-state index is 0.133. The summed E-state index contributed by atoms with van der Waals surface area (Å²) in [5.74, 6) is 0.333. The van der Waals surface area contributed by atoms with Crippen molar-refractivity contribution in [2.75, 3.05) is 5.75 Å². The second kappa shape index (κ2) is 10.1. The second-order valence-electron chi connectivity index (χ2n) is 7.19. The molecule has 1 amide bonds. The zero-order valence-corrected chi connectivity index (χ0v) is 19.6. The number of rotatable bonds is 8. The first kappa shape index (κ1) is 22.8. The van der Waals surface area contributed by atoms with E-state index in [2.05, 4.69) is 15.3 Å². The SMILES string of the molecule is Cc1sc2nc(COC(=O)c3ccccc3SCC(=O)NCc3ccco3)[nH]c(=O)c2c1C. The minimum Gasteiger partial charge on any atom is -0.467 e. The number of benzene rings is 1. The zero-order chi connectivity index (χ0) is 23.4. The highest BCUT2D eigenvalue weighted by atomic mass is 32.2. The molecule has 0 unspecified atom stereocenters. The molecule has 1 aromatic carbocycles. The fraction of sp³-hybridized carbons (Fsp3) is 0.217. The molecular weight excluding hydrogens is 462 g/mol. The number of amides is 1. The van der Waals surface area contributed by atoms with Crippen molar-refractivity contribution in [2.24, 2.45) is 0 Å². The van der Waals surface area contributed by atoms with Gasteiger partial charge in [-0.05, 0) is 43.7 Å². The van der Waals surface area contributed by atoms with Crippen LogP contribution in [0.5, 0.6) is 0 Å². The van der Waals surface area contributed by atoms with E-state index in [4.69, 9.17) is 9.15 Å². The van der Waals surface area contributed by atoms with Crippen LogP contribution in [0.4, 0.5) is 0 Å². The van der Waals surface area contributed by atoms with E-state index in [1.807, 2.05) is 13.8 Å². The van der Waals surface area contributed by atoms with E-state index in [0.717, 1.165) is 10.4 Å². The molecule has 0 aliphatic heterocycles. The third kappa shape index (κ3) is 5.35. The van der Waals surface area contributed by atoms with Gasteiger partial charge in [0.2, 0.25) is 5.91 Å². The molecule has 33 heavy (non-hydrogen) atoms. The van der Waals surface area contributed by atoms with E-state index in [0.29, 0.717) is 33.0 Å². The Labute approximate surface area is 197 Å². The number of H-pyrrole nitrogens is 1. The van der Waals surface area contributed by atoms with Gasteiger partial charge in [-0.2, -0.15) is 0 Å². The predicted molar refractivity (Wildman–Crippen MR) is 127 cm³/mol. The number of esters is 1. The van der Waals surface area contributed by atoms with E-state index in [-0.39, 0.29) is 29.7 Å². The number of thioether (sulfide) groups is 1. The van der Waals surface area contributed by atoms with Gasteiger partial charge in [-0.15, -0.1) is 23.1 Å². The maximum absolute atomic E-state index is 12.7. The number of thiophene rings is 1. The average molecular weight is 484 g/mol. The van der Waals surface area contributed by atoms with Gasteiger partial charge in [0, 0.05) is 9.77 Å². The largest absolute Gasteiger partial charge is 0.467 e. The molecule has 3 heterocycles. The molecule has 0 aliphatic rings. The van der Waals surface area contributed by atoms with E-state index < -0.39 is 5.97 Å². The molecule has 0 saturated heterocycles. The number of carbonyl (C=O) groups is 2. The monoisotopic (exact) mass is 483 g/mol. The van der Waals surface area contributed by atoms with Gasteiger partial charge in [0.05, 0.1) is 29.5 Å². The van der Waals surface area contributed by atoms with Crippen molar-refractivity contribution in [1.82, 2.24) is 15.3 Å². The summed E-state index contributed by atoms with van der Waals surface area (Å²) in [5, 5.41) is 3.33.